The fourth-order valence-electron chi connectivity index (χ4n) is 3.87. The molecule has 0 saturated carbocycles. The standard InChI is InChI=1S/C22H24FN3O4.ClH/c1-15-3-8-20(29-2)18(13-15)26-21(27)19-14-24(9-10-25(19)22(26)28)11-12-30-17-6-4-16(23)5-7-17;/h3-8,13,19H,9-12,14H2,1-2H3;1H. The zero-order chi connectivity index (χ0) is 21.3. The van der Waals surface area contributed by atoms with Gasteiger partial charge in [0.2, 0.25) is 0 Å². The highest BCUT2D eigenvalue weighted by molar-refractivity contribution is 6.22. The minimum atomic E-state index is -0.526. The molecule has 2 aliphatic heterocycles. The first-order valence-corrected chi connectivity index (χ1v) is 9.88. The summed E-state index contributed by atoms with van der Waals surface area (Å²) in [6, 6.07) is 10.5. The molecule has 0 spiro atoms. The maximum absolute atomic E-state index is 13.1. The number of halogens is 2. The Morgan fingerprint density at radius 2 is 1.84 bits per heavy atom. The van der Waals surface area contributed by atoms with Gasteiger partial charge in [-0.1, -0.05) is 6.07 Å². The molecular weight excluding hydrogens is 425 g/mol. The lowest BCUT2D eigenvalue weighted by Crippen LogP contribution is -2.53. The summed E-state index contributed by atoms with van der Waals surface area (Å²) in [5, 5.41) is 0. The molecule has 2 aromatic rings. The van der Waals surface area contributed by atoms with Crippen molar-refractivity contribution in [1.29, 1.82) is 0 Å². The summed E-state index contributed by atoms with van der Waals surface area (Å²) >= 11 is 0. The van der Waals surface area contributed by atoms with Gasteiger partial charge in [0.25, 0.3) is 5.91 Å². The lowest BCUT2D eigenvalue weighted by Gasteiger charge is -2.35. The minimum absolute atomic E-state index is 0. The first kappa shape index (κ1) is 22.8. The van der Waals surface area contributed by atoms with Crippen LogP contribution >= 0.6 is 12.4 Å². The number of amides is 3. The van der Waals surface area contributed by atoms with Crippen molar-refractivity contribution < 1.29 is 23.5 Å². The van der Waals surface area contributed by atoms with E-state index in [1.165, 1.54) is 24.1 Å². The zero-order valence-electron chi connectivity index (χ0n) is 17.4. The maximum atomic E-state index is 13.1. The van der Waals surface area contributed by atoms with E-state index in [1.807, 2.05) is 13.0 Å². The number of carbonyl (C=O) groups excluding carboxylic acids is 2. The molecule has 9 heteroatoms. The summed E-state index contributed by atoms with van der Waals surface area (Å²) in [6.07, 6.45) is 0. The molecule has 3 amide bonds. The Hall–Kier alpha value is -2.84. The molecule has 2 fully saturated rings. The second kappa shape index (κ2) is 9.53. The fraction of sp³-hybridized carbons (Fsp3) is 0.364. The maximum Gasteiger partial charge on any atom is 0.332 e. The topological polar surface area (TPSA) is 62.3 Å². The molecule has 0 aliphatic carbocycles. The van der Waals surface area contributed by atoms with Gasteiger partial charge in [0.15, 0.2) is 0 Å². The number of ether oxygens (including phenoxy) is 2. The average molecular weight is 450 g/mol. The van der Waals surface area contributed by atoms with Gasteiger partial charge in [0, 0.05) is 26.2 Å². The molecule has 0 aromatic heterocycles. The molecule has 0 bridgehead atoms. The summed E-state index contributed by atoms with van der Waals surface area (Å²) in [5.41, 5.74) is 1.42. The van der Waals surface area contributed by atoms with E-state index in [2.05, 4.69) is 4.90 Å². The molecule has 2 saturated heterocycles. The Bertz CT molecular complexity index is 956. The van der Waals surface area contributed by atoms with Crippen LogP contribution < -0.4 is 14.4 Å². The smallest absolute Gasteiger partial charge is 0.332 e. The molecule has 7 nitrogen and oxygen atoms in total. The largest absolute Gasteiger partial charge is 0.495 e. The predicted octanol–water partition coefficient (Wildman–Crippen LogP) is 3.10. The van der Waals surface area contributed by atoms with E-state index in [1.54, 1.807) is 29.2 Å². The first-order chi connectivity index (χ1) is 14.5. The van der Waals surface area contributed by atoms with Gasteiger partial charge in [-0.3, -0.25) is 9.69 Å². The summed E-state index contributed by atoms with van der Waals surface area (Å²) < 4.78 is 24.0. The lowest BCUT2D eigenvalue weighted by molar-refractivity contribution is -0.121. The van der Waals surface area contributed by atoms with Crippen LogP contribution in [0, 0.1) is 12.7 Å². The van der Waals surface area contributed by atoms with Gasteiger partial charge in [0.1, 0.15) is 30.0 Å². The van der Waals surface area contributed by atoms with E-state index in [9.17, 15) is 14.0 Å². The van der Waals surface area contributed by atoms with Crippen LogP contribution in [0.4, 0.5) is 14.9 Å². The third kappa shape index (κ3) is 4.60. The van der Waals surface area contributed by atoms with E-state index in [4.69, 9.17) is 9.47 Å². The van der Waals surface area contributed by atoms with Crippen LogP contribution in [0.25, 0.3) is 0 Å². The Kier molecular flexibility index (Phi) is 7.02. The highest BCUT2D eigenvalue weighted by Gasteiger charge is 2.48. The first-order valence-electron chi connectivity index (χ1n) is 9.88. The number of fused-ring (bicyclic) bond motifs is 1. The number of hydrogen-bond donors (Lipinski definition) is 0. The molecule has 166 valence electrons. The van der Waals surface area contributed by atoms with Gasteiger partial charge in [0.05, 0.1) is 12.8 Å². The molecule has 2 aliphatic rings. The van der Waals surface area contributed by atoms with Crippen LogP contribution in [0.2, 0.25) is 0 Å². The van der Waals surface area contributed by atoms with Crippen LogP contribution in [0.3, 0.4) is 0 Å². The second-order valence-electron chi connectivity index (χ2n) is 7.44. The highest BCUT2D eigenvalue weighted by atomic mass is 35.5. The summed E-state index contributed by atoms with van der Waals surface area (Å²) in [4.78, 5) is 31.0. The third-order valence-electron chi connectivity index (χ3n) is 5.47. The quantitative estimate of drug-likeness (QED) is 0.634. The number of nitrogens with zero attached hydrogens (tertiary/aromatic N) is 3. The summed E-state index contributed by atoms with van der Waals surface area (Å²) in [7, 11) is 1.52. The third-order valence-corrected chi connectivity index (χ3v) is 5.47. The fourth-order valence-corrected chi connectivity index (χ4v) is 3.87. The zero-order valence-corrected chi connectivity index (χ0v) is 18.2. The number of aryl methyl sites for hydroxylation is 1. The van der Waals surface area contributed by atoms with Crippen LogP contribution in [0.15, 0.2) is 42.5 Å². The van der Waals surface area contributed by atoms with E-state index < -0.39 is 6.04 Å². The number of benzene rings is 2. The number of rotatable bonds is 6. The van der Waals surface area contributed by atoms with Gasteiger partial charge >= 0.3 is 6.03 Å². The number of imide groups is 1. The molecule has 4 rings (SSSR count). The molecule has 31 heavy (non-hydrogen) atoms. The number of carbonyl (C=O) groups is 2. The van der Waals surface area contributed by atoms with Gasteiger partial charge in [-0.05, 0) is 48.9 Å². The van der Waals surface area contributed by atoms with E-state index >= 15 is 0 Å². The van der Waals surface area contributed by atoms with Crippen molar-refractivity contribution in [1.82, 2.24) is 9.80 Å². The van der Waals surface area contributed by atoms with Crippen LogP contribution in [-0.4, -0.2) is 67.7 Å². The normalized spacial score (nSPS) is 18.6. The summed E-state index contributed by atoms with van der Waals surface area (Å²) in [6.45, 7) is 4.50. The Labute approximate surface area is 186 Å². The monoisotopic (exact) mass is 449 g/mol. The molecule has 0 N–H and O–H groups in total. The minimum Gasteiger partial charge on any atom is -0.495 e. The molecule has 2 aromatic carbocycles. The van der Waals surface area contributed by atoms with Crippen molar-refractivity contribution in [2.75, 3.05) is 44.8 Å². The molecule has 0 radical (unpaired) electrons. The number of urea groups is 1. The van der Waals surface area contributed by atoms with Gasteiger partial charge in [-0.25, -0.2) is 14.1 Å². The Balaban J connectivity index is 0.00000272. The van der Waals surface area contributed by atoms with Crippen molar-refractivity contribution in [3.8, 4) is 11.5 Å². The average Bonchev–Trinajstić information content (AvgIpc) is 2.99. The second-order valence-corrected chi connectivity index (χ2v) is 7.44. The predicted molar refractivity (Wildman–Crippen MR) is 117 cm³/mol. The number of anilines is 1. The van der Waals surface area contributed by atoms with E-state index in [-0.39, 0.29) is 30.2 Å². The van der Waals surface area contributed by atoms with Gasteiger partial charge < -0.3 is 14.4 Å². The van der Waals surface area contributed by atoms with Crippen molar-refractivity contribution in [3.63, 3.8) is 0 Å². The van der Waals surface area contributed by atoms with E-state index in [0.29, 0.717) is 50.0 Å². The SMILES string of the molecule is COc1ccc(C)cc1N1C(=O)C2CN(CCOc3ccc(F)cc3)CCN2C1=O.Cl. The van der Waals surface area contributed by atoms with Crippen molar-refractivity contribution in [2.45, 2.75) is 13.0 Å². The van der Waals surface area contributed by atoms with Crippen LogP contribution in [-0.2, 0) is 4.79 Å². The number of hydrogen-bond acceptors (Lipinski definition) is 5. The van der Waals surface area contributed by atoms with Crippen molar-refractivity contribution in [3.05, 3.63) is 53.8 Å². The highest BCUT2D eigenvalue weighted by Crippen LogP contribution is 2.35. The summed E-state index contributed by atoms with van der Waals surface area (Å²) in [5.74, 6) is 0.539. The molecule has 1 atom stereocenters. The number of piperazine rings is 1. The van der Waals surface area contributed by atoms with Crippen LogP contribution in [0.5, 0.6) is 11.5 Å². The van der Waals surface area contributed by atoms with Gasteiger partial charge in [-0.15, -0.1) is 12.4 Å². The lowest BCUT2D eigenvalue weighted by atomic mass is 10.1. The van der Waals surface area contributed by atoms with Crippen molar-refractivity contribution in [2.24, 2.45) is 0 Å². The molecular formula is C22H25ClFN3O4. The van der Waals surface area contributed by atoms with E-state index in [0.717, 1.165) is 5.56 Å². The Morgan fingerprint density at radius 1 is 1.10 bits per heavy atom. The Morgan fingerprint density at radius 3 is 2.55 bits per heavy atom. The number of methoxy groups -OCH3 is 1. The van der Waals surface area contributed by atoms with Crippen LogP contribution in [0.1, 0.15) is 5.56 Å². The van der Waals surface area contributed by atoms with Crippen molar-refractivity contribution >= 4 is 30.0 Å². The molecule has 1 unspecified atom stereocenters. The van der Waals surface area contributed by atoms with Gasteiger partial charge in [-0.2, -0.15) is 0 Å². The molecule has 2 heterocycles.